The molecular weight excluding hydrogens is 282 g/mol. The van der Waals surface area contributed by atoms with Crippen molar-refractivity contribution < 1.29 is 4.74 Å². The van der Waals surface area contributed by atoms with Gasteiger partial charge >= 0.3 is 0 Å². The number of methoxy groups -OCH3 is 1. The van der Waals surface area contributed by atoms with E-state index >= 15 is 0 Å². The third-order valence-corrected chi connectivity index (χ3v) is 5.59. The first-order valence-corrected chi connectivity index (χ1v) is 8.95. The summed E-state index contributed by atoms with van der Waals surface area (Å²) >= 11 is 0. The molecule has 1 aliphatic carbocycles. The van der Waals surface area contributed by atoms with Crippen LogP contribution in [0, 0.1) is 0 Å². The Morgan fingerprint density at radius 3 is 2.30 bits per heavy atom. The van der Waals surface area contributed by atoms with Gasteiger partial charge in [0.2, 0.25) is 0 Å². The molecule has 1 aromatic carbocycles. The molecule has 1 heterocycles. The molecule has 0 saturated heterocycles. The molecule has 0 radical (unpaired) electrons. The van der Waals surface area contributed by atoms with E-state index in [0.29, 0.717) is 11.3 Å². The van der Waals surface area contributed by atoms with Crippen LogP contribution in [-0.2, 0) is 12.5 Å². The second-order valence-electron chi connectivity index (χ2n) is 7.04. The molecule has 0 bridgehead atoms. The molecule has 0 amide bonds. The SMILES string of the molecule is CCCC1(CCC)CC(c2ccc(OC)cc2)c2c1ccn2C. The summed E-state index contributed by atoms with van der Waals surface area (Å²) in [6.45, 7) is 4.64. The first kappa shape index (κ1) is 16.2. The Morgan fingerprint density at radius 1 is 1.09 bits per heavy atom. The Hall–Kier alpha value is -1.70. The van der Waals surface area contributed by atoms with E-state index in [1.165, 1.54) is 43.4 Å². The van der Waals surface area contributed by atoms with Gasteiger partial charge in [-0.1, -0.05) is 38.8 Å². The minimum absolute atomic E-state index is 0.366. The van der Waals surface area contributed by atoms with E-state index in [9.17, 15) is 0 Å². The molecule has 1 aromatic heterocycles. The molecule has 1 aliphatic rings. The lowest BCUT2D eigenvalue weighted by molar-refractivity contribution is 0.344. The van der Waals surface area contributed by atoms with Crippen LogP contribution < -0.4 is 4.74 Å². The molecule has 0 spiro atoms. The van der Waals surface area contributed by atoms with Crippen LogP contribution in [0.2, 0.25) is 0 Å². The van der Waals surface area contributed by atoms with Gasteiger partial charge in [0.25, 0.3) is 0 Å². The molecule has 0 aliphatic heterocycles. The number of rotatable bonds is 6. The molecule has 2 aromatic rings. The largest absolute Gasteiger partial charge is 0.497 e. The van der Waals surface area contributed by atoms with Gasteiger partial charge in [0.15, 0.2) is 0 Å². The van der Waals surface area contributed by atoms with Crippen LogP contribution in [0.5, 0.6) is 5.75 Å². The van der Waals surface area contributed by atoms with Crippen molar-refractivity contribution in [3.8, 4) is 5.75 Å². The maximum atomic E-state index is 5.32. The lowest BCUT2D eigenvalue weighted by Gasteiger charge is -2.30. The van der Waals surface area contributed by atoms with Crippen LogP contribution in [0.15, 0.2) is 36.5 Å². The third kappa shape index (κ3) is 2.69. The highest BCUT2D eigenvalue weighted by Crippen LogP contribution is 2.53. The van der Waals surface area contributed by atoms with Gasteiger partial charge in [-0.25, -0.2) is 0 Å². The summed E-state index contributed by atoms with van der Waals surface area (Å²) in [6, 6.07) is 11.1. The van der Waals surface area contributed by atoms with Crippen LogP contribution in [0.4, 0.5) is 0 Å². The van der Waals surface area contributed by atoms with Crippen molar-refractivity contribution in [1.29, 1.82) is 0 Å². The molecule has 2 nitrogen and oxygen atoms in total. The second kappa shape index (κ2) is 6.43. The van der Waals surface area contributed by atoms with Gasteiger partial charge < -0.3 is 9.30 Å². The van der Waals surface area contributed by atoms with E-state index in [-0.39, 0.29) is 0 Å². The summed E-state index contributed by atoms with van der Waals surface area (Å²) in [4.78, 5) is 0. The second-order valence-corrected chi connectivity index (χ2v) is 7.04. The molecule has 3 rings (SSSR count). The molecule has 2 heteroatoms. The number of aryl methyl sites for hydroxylation is 1. The zero-order valence-electron chi connectivity index (χ0n) is 14.9. The van der Waals surface area contributed by atoms with E-state index in [1.54, 1.807) is 12.7 Å². The van der Waals surface area contributed by atoms with Crippen molar-refractivity contribution >= 4 is 0 Å². The number of ether oxygens (including phenoxy) is 1. The number of aromatic nitrogens is 1. The zero-order valence-corrected chi connectivity index (χ0v) is 14.9. The topological polar surface area (TPSA) is 14.2 Å². The first-order valence-electron chi connectivity index (χ1n) is 8.95. The van der Waals surface area contributed by atoms with E-state index < -0.39 is 0 Å². The van der Waals surface area contributed by atoms with Crippen molar-refractivity contribution in [1.82, 2.24) is 4.57 Å². The summed E-state index contributed by atoms with van der Waals surface area (Å²) < 4.78 is 7.67. The van der Waals surface area contributed by atoms with Gasteiger partial charge in [0, 0.05) is 24.9 Å². The highest BCUT2D eigenvalue weighted by molar-refractivity contribution is 5.46. The van der Waals surface area contributed by atoms with Gasteiger partial charge in [-0.2, -0.15) is 0 Å². The minimum atomic E-state index is 0.366. The molecule has 0 saturated carbocycles. The van der Waals surface area contributed by atoms with Gasteiger partial charge in [-0.05, 0) is 54.0 Å². The van der Waals surface area contributed by atoms with Gasteiger partial charge in [0.05, 0.1) is 7.11 Å². The zero-order chi connectivity index (χ0) is 16.4. The quantitative estimate of drug-likeness (QED) is 0.696. The summed E-state index contributed by atoms with van der Waals surface area (Å²) in [5.41, 5.74) is 4.91. The summed E-state index contributed by atoms with van der Waals surface area (Å²) in [5.74, 6) is 1.45. The maximum Gasteiger partial charge on any atom is 0.118 e. The van der Waals surface area contributed by atoms with Crippen LogP contribution in [0.1, 0.15) is 68.7 Å². The van der Waals surface area contributed by atoms with Gasteiger partial charge in [-0.15, -0.1) is 0 Å². The Labute approximate surface area is 140 Å². The minimum Gasteiger partial charge on any atom is -0.497 e. The normalized spacial score (nSPS) is 18.9. The molecule has 0 N–H and O–H groups in total. The fraction of sp³-hybridized carbons (Fsp3) is 0.524. The van der Waals surface area contributed by atoms with Crippen molar-refractivity contribution in [2.75, 3.05) is 7.11 Å². The number of hydrogen-bond donors (Lipinski definition) is 0. The smallest absolute Gasteiger partial charge is 0.118 e. The van der Waals surface area contributed by atoms with E-state index in [1.807, 2.05) is 0 Å². The lowest BCUT2D eigenvalue weighted by Crippen LogP contribution is -2.22. The molecule has 1 unspecified atom stereocenters. The fourth-order valence-electron chi connectivity index (χ4n) is 4.69. The fourth-order valence-corrected chi connectivity index (χ4v) is 4.69. The Kier molecular flexibility index (Phi) is 4.52. The summed E-state index contributed by atoms with van der Waals surface area (Å²) in [6.07, 6.45) is 8.60. The Balaban J connectivity index is 2.03. The lowest BCUT2D eigenvalue weighted by atomic mass is 9.74. The highest BCUT2D eigenvalue weighted by atomic mass is 16.5. The average Bonchev–Trinajstić information content (AvgIpc) is 3.09. The number of benzene rings is 1. The van der Waals surface area contributed by atoms with Crippen molar-refractivity contribution in [2.24, 2.45) is 7.05 Å². The van der Waals surface area contributed by atoms with E-state index in [0.717, 1.165) is 5.75 Å². The highest BCUT2D eigenvalue weighted by Gasteiger charge is 2.44. The van der Waals surface area contributed by atoms with Crippen LogP contribution in [0.25, 0.3) is 0 Å². The van der Waals surface area contributed by atoms with Crippen LogP contribution in [0.3, 0.4) is 0 Å². The standard InChI is InChI=1S/C21H29NO/c1-5-12-21(13-6-2)15-18(20-19(21)11-14-22(20)3)16-7-9-17(23-4)10-8-16/h7-11,14,18H,5-6,12-13,15H2,1-4H3. The monoisotopic (exact) mass is 311 g/mol. The van der Waals surface area contributed by atoms with Gasteiger partial charge in [0.1, 0.15) is 5.75 Å². The first-order chi connectivity index (χ1) is 11.1. The number of hydrogen-bond acceptors (Lipinski definition) is 1. The molecule has 1 atom stereocenters. The average molecular weight is 311 g/mol. The third-order valence-electron chi connectivity index (χ3n) is 5.59. The van der Waals surface area contributed by atoms with Crippen molar-refractivity contribution in [3.63, 3.8) is 0 Å². The Morgan fingerprint density at radius 2 is 1.74 bits per heavy atom. The van der Waals surface area contributed by atoms with Crippen LogP contribution >= 0.6 is 0 Å². The maximum absolute atomic E-state index is 5.32. The van der Waals surface area contributed by atoms with Crippen molar-refractivity contribution in [2.45, 2.75) is 57.3 Å². The molecular formula is C21H29NO. The van der Waals surface area contributed by atoms with Crippen LogP contribution in [-0.4, -0.2) is 11.7 Å². The van der Waals surface area contributed by atoms with Crippen molar-refractivity contribution in [3.05, 3.63) is 53.3 Å². The molecule has 0 fully saturated rings. The predicted octanol–water partition coefficient (Wildman–Crippen LogP) is 5.41. The number of fused-ring (bicyclic) bond motifs is 1. The van der Waals surface area contributed by atoms with E-state index in [2.05, 4.69) is 62.0 Å². The van der Waals surface area contributed by atoms with Gasteiger partial charge in [-0.3, -0.25) is 0 Å². The summed E-state index contributed by atoms with van der Waals surface area (Å²) in [5, 5.41) is 0. The molecule has 23 heavy (non-hydrogen) atoms. The summed E-state index contributed by atoms with van der Waals surface area (Å²) in [7, 11) is 3.93. The molecule has 124 valence electrons. The van der Waals surface area contributed by atoms with E-state index in [4.69, 9.17) is 4.74 Å². The number of nitrogens with zero attached hydrogens (tertiary/aromatic N) is 1. The predicted molar refractivity (Wildman–Crippen MR) is 96.4 cm³/mol. The Bertz CT molecular complexity index is 647.